The predicted octanol–water partition coefficient (Wildman–Crippen LogP) is 1.02. The Morgan fingerprint density at radius 3 is 2.50 bits per heavy atom. The zero-order chi connectivity index (χ0) is 12.6. The van der Waals surface area contributed by atoms with Crippen LogP contribution in [0.4, 0.5) is 0 Å². The van der Waals surface area contributed by atoms with Gasteiger partial charge in [-0.2, -0.15) is 5.26 Å². The van der Waals surface area contributed by atoms with Crippen molar-refractivity contribution in [1.82, 2.24) is 4.72 Å². The van der Waals surface area contributed by atoms with Gasteiger partial charge < -0.3 is 4.74 Å². The molecule has 1 atom stereocenters. The van der Waals surface area contributed by atoms with E-state index in [4.69, 9.17) is 10.00 Å². The minimum Gasteiger partial charge on any atom is -0.378 e. The fourth-order valence-electron chi connectivity index (χ4n) is 1.09. The van der Waals surface area contributed by atoms with Crippen LogP contribution in [0.2, 0.25) is 0 Å². The lowest BCUT2D eigenvalue weighted by Gasteiger charge is -2.14. The van der Waals surface area contributed by atoms with Gasteiger partial charge in [0.15, 0.2) is 0 Å². The molecule has 0 radical (unpaired) electrons. The quantitative estimate of drug-likeness (QED) is 0.695. The second-order valence-corrected chi connectivity index (χ2v) is 5.70. The Labute approximate surface area is 97.8 Å². The number of hydrogen-bond acceptors (Lipinski definition) is 4. The highest BCUT2D eigenvalue weighted by molar-refractivity contribution is 7.89. The van der Waals surface area contributed by atoms with Gasteiger partial charge in [-0.15, -0.1) is 0 Å². The maximum Gasteiger partial charge on any atom is 0.214 e. The van der Waals surface area contributed by atoms with Crippen LogP contribution in [0.3, 0.4) is 0 Å². The first-order chi connectivity index (χ1) is 7.41. The van der Waals surface area contributed by atoms with Crippen molar-refractivity contribution in [3.8, 4) is 6.07 Å². The molecule has 0 amide bonds. The maximum absolute atomic E-state index is 11.6. The van der Waals surface area contributed by atoms with Gasteiger partial charge in [-0.05, 0) is 20.3 Å². The van der Waals surface area contributed by atoms with Crippen LogP contribution >= 0.6 is 0 Å². The van der Waals surface area contributed by atoms with Gasteiger partial charge in [-0.1, -0.05) is 6.92 Å². The third-order valence-corrected chi connectivity index (χ3v) is 3.38. The molecule has 1 N–H and O–H groups in total. The van der Waals surface area contributed by atoms with Crippen molar-refractivity contribution in [3.05, 3.63) is 0 Å². The lowest BCUT2D eigenvalue weighted by molar-refractivity contribution is 0.0911. The molecule has 0 aromatic heterocycles. The minimum atomic E-state index is -3.34. The molecular formula is C10H20N2O3S. The predicted molar refractivity (Wildman–Crippen MR) is 62.3 cm³/mol. The summed E-state index contributed by atoms with van der Waals surface area (Å²) in [6, 6.07) is 1.66. The molecule has 0 aliphatic heterocycles. The van der Waals surface area contributed by atoms with Gasteiger partial charge in [0.1, 0.15) is 0 Å². The Morgan fingerprint density at radius 2 is 2.06 bits per heavy atom. The zero-order valence-electron chi connectivity index (χ0n) is 10.1. The van der Waals surface area contributed by atoms with E-state index in [1.54, 1.807) is 0 Å². The second-order valence-electron chi connectivity index (χ2n) is 3.82. The summed E-state index contributed by atoms with van der Waals surface area (Å²) in [5.74, 6) is -0.0624. The standard InChI is InChI=1S/C10H20N2O3S/c1-4-10(5-6-11)12-16(13,14)8-7-15-9(2)3/h9-10,12H,4-5,7-8H2,1-3H3. The summed E-state index contributed by atoms with van der Waals surface area (Å²) in [6.07, 6.45) is 0.828. The number of rotatable bonds is 8. The van der Waals surface area contributed by atoms with Crippen LogP contribution in [0.15, 0.2) is 0 Å². The Bertz CT molecular complexity index is 319. The number of nitrogens with zero attached hydrogens (tertiary/aromatic N) is 1. The normalized spacial score (nSPS) is 13.7. The molecule has 0 heterocycles. The van der Waals surface area contributed by atoms with Gasteiger partial charge in [0.2, 0.25) is 10.0 Å². The summed E-state index contributed by atoms with van der Waals surface area (Å²) < 4.78 is 30.8. The molecule has 0 bridgehead atoms. The third kappa shape index (κ3) is 7.63. The van der Waals surface area contributed by atoms with Gasteiger partial charge in [-0.3, -0.25) is 0 Å². The van der Waals surface area contributed by atoms with E-state index < -0.39 is 10.0 Å². The molecule has 6 heteroatoms. The Kier molecular flexibility index (Phi) is 7.30. The maximum atomic E-state index is 11.6. The highest BCUT2D eigenvalue weighted by atomic mass is 32.2. The number of sulfonamides is 1. The van der Waals surface area contributed by atoms with Gasteiger partial charge in [0.25, 0.3) is 0 Å². The summed E-state index contributed by atoms with van der Waals surface area (Å²) in [7, 11) is -3.34. The van der Waals surface area contributed by atoms with Crippen LogP contribution in [-0.4, -0.2) is 32.9 Å². The van der Waals surface area contributed by atoms with E-state index in [1.807, 2.05) is 26.8 Å². The Morgan fingerprint density at radius 1 is 1.44 bits per heavy atom. The summed E-state index contributed by atoms with van der Waals surface area (Å²) in [6.45, 7) is 5.72. The average molecular weight is 248 g/mol. The monoisotopic (exact) mass is 248 g/mol. The van der Waals surface area contributed by atoms with E-state index in [0.29, 0.717) is 6.42 Å². The molecule has 0 spiro atoms. The zero-order valence-corrected chi connectivity index (χ0v) is 10.9. The van der Waals surface area contributed by atoms with Crippen molar-refractivity contribution >= 4 is 10.0 Å². The lowest BCUT2D eigenvalue weighted by atomic mass is 10.2. The largest absolute Gasteiger partial charge is 0.378 e. The molecular weight excluding hydrogens is 228 g/mol. The van der Waals surface area contributed by atoms with Crippen LogP contribution in [0.5, 0.6) is 0 Å². The van der Waals surface area contributed by atoms with E-state index in [9.17, 15) is 8.42 Å². The molecule has 94 valence electrons. The molecule has 5 nitrogen and oxygen atoms in total. The third-order valence-electron chi connectivity index (χ3n) is 1.98. The number of ether oxygens (including phenoxy) is 1. The fourth-order valence-corrected chi connectivity index (χ4v) is 2.28. The molecule has 0 aromatic carbocycles. The van der Waals surface area contributed by atoms with Crippen molar-refractivity contribution in [2.45, 2.75) is 45.8 Å². The fraction of sp³-hybridized carbons (Fsp3) is 0.900. The highest BCUT2D eigenvalue weighted by Gasteiger charge is 2.16. The Hall–Kier alpha value is -0.640. The first-order valence-corrected chi connectivity index (χ1v) is 7.05. The van der Waals surface area contributed by atoms with Crippen LogP contribution in [0, 0.1) is 11.3 Å². The van der Waals surface area contributed by atoms with E-state index in [2.05, 4.69) is 4.72 Å². The molecule has 0 fully saturated rings. The lowest BCUT2D eigenvalue weighted by Crippen LogP contribution is -2.37. The molecule has 1 unspecified atom stereocenters. The number of hydrogen-bond donors (Lipinski definition) is 1. The highest BCUT2D eigenvalue weighted by Crippen LogP contribution is 2.00. The van der Waals surface area contributed by atoms with Crippen molar-refractivity contribution < 1.29 is 13.2 Å². The molecule has 0 aliphatic carbocycles. The molecule has 0 saturated carbocycles. The summed E-state index contributed by atoms with van der Waals surface area (Å²) in [5.41, 5.74) is 0. The second kappa shape index (κ2) is 7.60. The molecule has 0 aromatic rings. The van der Waals surface area contributed by atoms with Crippen LogP contribution in [0.25, 0.3) is 0 Å². The van der Waals surface area contributed by atoms with E-state index in [1.165, 1.54) is 0 Å². The van der Waals surface area contributed by atoms with Crippen molar-refractivity contribution in [2.75, 3.05) is 12.4 Å². The topological polar surface area (TPSA) is 79.2 Å². The van der Waals surface area contributed by atoms with Gasteiger partial charge in [-0.25, -0.2) is 13.1 Å². The Balaban J connectivity index is 4.08. The van der Waals surface area contributed by atoms with Gasteiger partial charge in [0, 0.05) is 6.04 Å². The molecule has 16 heavy (non-hydrogen) atoms. The first kappa shape index (κ1) is 15.4. The number of nitrogens with one attached hydrogen (secondary N) is 1. The van der Waals surface area contributed by atoms with Gasteiger partial charge >= 0.3 is 0 Å². The number of nitriles is 1. The minimum absolute atomic E-state index is 0.0243. The van der Waals surface area contributed by atoms with Crippen molar-refractivity contribution in [3.63, 3.8) is 0 Å². The summed E-state index contributed by atoms with van der Waals surface area (Å²) >= 11 is 0. The average Bonchev–Trinajstić information content (AvgIpc) is 2.15. The summed E-state index contributed by atoms with van der Waals surface area (Å²) in [5, 5.41) is 8.50. The van der Waals surface area contributed by atoms with Crippen LogP contribution in [-0.2, 0) is 14.8 Å². The molecule has 0 aliphatic rings. The van der Waals surface area contributed by atoms with E-state index >= 15 is 0 Å². The van der Waals surface area contributed by atoms with E-state index in [-0.39, 0.29) is 30.9 Å². The van der Waals surface area contributed by atoms with E-state index in [0.717, 1.165) is 0 Å². The van der Waals surface area contributed by atoms with Crippen molar-refractivity contribution in [1.29, 1.82) is 5.26 Å². The first-order valence-electron chi connectivity index (χ1n) is 5.39. The van der Waals surface area contributed by atoms with Crippen LogP contribution < -0.4 is 4.72 Å². The van der Waals surface area contributed by atoms with Crippen LogP contribution in [0.1, 0.15) is 33.6 Å². The smallest absolute Gasteiger partial charge is 0.214 e. The molecule has 0 saturated heterocycles. The van der Waals surface area contributed by atoms with Gasteiger partial charge in [0.05, 0.1) is 31.0 Å². The SMILES string of the molecule is CCC(CC#N)NS(=O)(=O)CCOC(C)C. The molecule has 0 rings (SSSR count). The summed E-state index contributed by atoms with van der Waals surface area (Å²) in [4.78, 5) is 0. The van der Waals surface area contributed by atoms with Crippen molar-refractivity contribution in [2.24, 2.45) is 0 Å².